The van der Waals surface area contributed by atoms with Crippen molar-refractivity contribution < 1.29 is 33.9 Å². The molecule has 3 aromatic carbocycles. The van der Waals surface area contributed by atoms with Crippen molar-refractivity contribution >= 4 is 23.5 Å². The summed E-state index contributed by atoms with van der Waals surface area (Å²) in [5.41, 5.74) is 0.891. The zero-order valence-corrected chi connectivity index (χ0v) is 16.4. The van der Waals surface area contributed by atoms with Crippen LogP contribution in [0.25, 0.3) is 6.08 Å². The van der Waals surface area contributed by atoms with Crippen LogP contribution in [0.15, 0.2) is 72.8 Å². The van der Waals surface area contributed by atoms with Gasteiger partial charge in [-0.2, -0.15) is 5.23 Å². The summed E-state index contributed by atoms with van der Waals surface area (Å²) < 4.78 is 23.5. The number of ketones is 1. The number of allylic oxidation sites excluding steroid dienone is 1. The molecular weight excluding hydrogens is 405 g/mol. The van der Waals surface area contributed by atoms with E-state index in [0.29, 0.717) is 11.3 Å². The summed E-state index contributed by atoms with van der Waals surface area (Å²) in [4.78, 5) is 25.2. The van der Waals surface area contributed by atoms with Crippen molar-refractivity contribution in [1.29, 1.82) is 0 Å². The third-order valence-corrected chi connectivity index (χ3v) is 4.32. The van der Waals surface area contributed by atoms with Crippen LogP contribution in [0, 0.1) is 11.0 Å². The predicted molar refractivity (Wildman–Crippen MR) is 110 cm³/mol. The van der Waals surface area contributed by atoms with Crippen molar-refractivity contribution in [3.05, 3.63) is 101 Å². The number of carbonyl (C=O) groups excluding carboxylic acids is 2. The number of methoxy groups -OCH3 is 1. The molecule has 0 aliphatic carbocycles. The fraction of sp³-hybridized carbons (Fsp3) is 0.0435. The van der Waals surface area contributed by atoms with E-state index in [1.165, 1.54) is 79.9 Å². The number of ether oxygens (including phenoxy) is 2. The number of hydrogen-bond acceptors (Lipinski definition) is 6. The molecule has 3 aromatic rings. The third-order valence-electron chi connectivity index (χ3n) is 4.32. The quantitative estimate of drug-likeness (QED) is 0.199. The van der Waals surface area contributed by atoms with E-state index in [1.54, 1.807) is 6.07 Å². The first-order valence-corrected chi connectivity index (χ1v) is 9.09. The fourth-order valence-electron chi connectivity index (χ4n) is 2.66. The van der Waals surface area contributed by atoms with Gasteiger partial charge in [0.25, 0.3) is 0 Å². The van der Waals surface area contributed by atoms with E-state index >= 15 is 0 Å². The molecule has 0 saturated heterocycles. The second-order valence-corrected chi connectivity index (χ2v) is 6.38. The van der Waals surface area contributed by atoms with Crippen LogP contribution in [0.1, 0.15) is 26.3 Å². The first-order chi connectivity index (χ1) is 14.9. The van der Waals surface area contributed by atoms with E-state index in [-0.39, 0.29) is 28.4 Å². The van der Waals surface area contributed by atoms with Gasteiger partial charge in [-0.25, -0.2) is 14.4 Å². The third kappa shape index (κ3) is 5.61. The van der Waals surface area contributed by atoms with Crippen molar-refractivity contribution in [2.75, 3.05) is 7.11 Å². The maximum atomic E-state index is 13.0. The van der Waals surface area contributed by atoms with E-state index in [1.807, 2.05) is 0 Å². The lowest BCUT2D eigenvalue weighted by Gasteiger charge is -2.12. The van der Waals surface area contributed by atoms with Crippen LogP contribution in [0.2, 0.25) is 0 Å². The lowest BCUT2D eigenvalue weighted by Crippen LogP contribution is -2.99. The number of rotatable bonds is 7. The number of hydrogen-bond donors (Lipinski definition) is 2. The van der Waals surface area contributed by atoms with Crippen LogP contribution in [0.4, 0.5) is 10.1 Å². The average molecular weight is 423 g/mol. The molecule has 1 atom stereocenters. The standard InChI is InChI=1S/C23H18FNO6/c1-30-19-11-12-20(21(26)13-4-15-2-7-17(24)8-3-15)22(14-19)31-23(27)16-5-9-18(10-6-16)25(28)29/h2-14,25,28H,1H3. The molecule has 2 N–H and O–H groups in total. The summed E-state index contributed by atoms with van der Waals surface area (Å²) in [5, 5.41) is 18.8. The molecule has 158 valence electrons. The predicted octanol–water partition coefficient (Wildman–Crippen LogP) is 3.35. The van der Waals surface area contributed by atoms with Gasteiger partial charge in [0.05, 0.1) is 18.2 Å². The van der Waals surface area contributed by atoms with Crippen LogP contribution in [0.5, 0.6) is 11.5 Å². The van der Waals surface area contributed by atoms with Crippen molar-refractivity contribution in [3.8, 4) is 11.5 Å². The molecule has 8 heteroatoms. The molecule has 3 rings (SSSR count). The summed E-state index contributed by atoms with van der Waals surface area (Å²) in [6, 6.07) is 15.2. The highest BCUT2D eigenvalue weighted by atomic mass is 19.1. The molecule has 31 heavy (non-hydrogen) atoms. The van der Waals surface area contributed by atoms with Gasteiger partial charge in [0.1, 0.15) is 17.3 Å². The van der Waals surface area contributed by atoms with Gasteiger partial charge >= 0.3 is 5.97 Å². The van der Waals surface area contributed by atoms with E-state index in [0.717, 1.165) is 0 Å². The Morgan fingerprint density at radius 2 is 1.71 bits per heavy atom. The molecule has 0 amide bonds. The summed E-state index contributed by atoms with van der Waals surface area (Å²) in [6.07, 6.45) is 2.80. The largest absolute Gasteiger partial charge is 0.595 e. The Kier molecular flexibility index (Phi) is 6.88. The van der Waals surface area contributed by atoms with Crippen LogP contribution in [-0.4, -0.2) is 24.1 Å². The normalized spacial score (nSPS) is 11.9. The van der Waals surface area contributed by atoms with Crippen LogP contribution < -0.4 is 14.7 Å². The zero-order chi connectivity index (χ0) is 22.4. The van der Waals surface area contributed by atoms with Gasteiger partial charge in [0, 0.05) is 18.2 Å². The van der Waals surface area contributed by atoms with Gasteiger partial charge in [-0.1, -0.05) is 18.2 Å². The van der Waals surface area contributed by atoms with Crippen molar-refractivity contribution in [1.82, 2.24) is 0 Å². The highest BCUT2D eigenvalue weighted by Gasteiger charge is 2.17. The Bertz CT molecular complexity index is 1110. The number of halogens is 1. The number of benzene rings is 3. The maximum absolute atomic E-state index is 13.0. The molecule has 0 fully saturated rings. The molecule has 0 saturated carbocycles. The van der Waals surface area contributed by atoms with Gasteiger partial charge < -0.3 is 14.7 Å². The lowest BCUT2D eigenvalue weighted by molar-refractivity contribution is -0.991. The molecule has 0 aliphatic heterocycles. The molecule has 0 bridgehead atoms. The molecule has 0 radical (unpaired) electrons. The maximum Gasteiger partial charge on any atom is 0.343 e. The first kappa shape index (κ1) is 21.8. The van der Waals surface area contributed by atoms with Crippen molar-refractivity contribution in [3.63, 3.8) is 0 Å². The van der Waals surface area contributed by atoms with Crippen molar-refractivity contribution in [2.45, 2.75) is 0 Å². The molecule has 1 unspecified atom stereocenters. The van der Waals surface area contributed by atoms with Gasteiger partial charge in [-0.05, 0) is 48.0 Å². The van der Waals surface area contributed by atoms with E-state index in [2.05, 4.69) is 0 Å². The van der Waals surface area contributed by atoms with Crippen LogP contribution >= 0.6 is 0 Å². The highest BCUT2D eigenvalue weighted by Crippen LogP contribution is 2.27. The Balaban J connectivity index is 1.84. The molecule has 0 aromatic heterocycles. The van der Waals surface area contributed by atoms with Gasteiger partial charge in [-0.15, -0.1) is 0 Å². The summed E-state index contributed by atoms with van der Waals surface area (Å²) in [5.74, 6) is -1.22. The SMILES string of the molecule is COc1ccc(C(=O)C=Cc2ccc(F)cc2)c(OC(=O)c2ccc([NH+]([O-])O)cc2)c1. The first-order valence-electron chi connectivity index (χ1n) is 9.09. The summed E-state index contributed by atoms with van der Waals surface area (Å²) >= 11 is 0. The molecule has 0 aliphatic rings. The number of esters is 1. The fourth-order valence-corrected chi connectivity index (χ4v) is 2.66. The lowest BCUT2D eigenvalue weighted by atomic mass is 10.1. The summed E-state index contributed by atoms with van der Waals surface area (Å²) in [6.45, 7) is 0. The topological polar surface area (TPSA) is 100 Å². The number of carbonyl (C=O) groups is 2. The van der Waals surface area contributed by atoms with E-state index in [4.69, 9.17) is 14.7 Å². The van der Waals surface area contributed by atoms with Crippen LogP contribution in [-0.2, 0) is 0 Å². The monoisotopic (exact) mass is 423 g/mol. The Hall–Kier alpha value is -3.85. The second kappa shape index (κ2) is 9.77. The van der Waals surface area contributed by atoms with Gasteiger partial charge in [0.15, 0.2) is 11.5 Å². The average Bonchev–Trinajstić information content (AvgIpc) is 2.78. The molecule has 0 heterocycles. The minimum atomic E-state index is -1.12. The van der Waals surface area contributed by atoms with Gasteiger partial charge in [-0.3, -0.25) is 4.79 Å². The second-order valence-electron chi connectivity index (χ2n) is 6.38. The number of quaternary nitrogens is 1. The van der Waals surface area contributed by atoms with Crippen molar-refractivity contribution in [2.24, 2.45) is 0 Å². The minimum absolute atomic E-state index is 0.0135. The molecular formula is C23H18FNO6. The van der Waals surface area contributed by atoms with E-state index in [9.17, 15) is 19.2 Å². The smallest absolute Gasteiger partial charge is 0.343 e. The van der Waals surface area contributed by atoms with Gasteiger partial charge in [0.2, 0.25) is 0 Å². The van der Waals surface area contributed by atoms with Crippen LogP contribution in [0.3, 0.4) is 0 Å². The minimum Gasteiger partial charge on any atom is -0.595 e. The molecule has 0 spiro atoms. The van der Waals surface area contributed by atoms with E-state index < -0.39 is 17.0 Å². The Labute approximate surface area is 177 Å². The molecule has 7 nitrogen and oxygen atoms in total. The number of nitrogens with one attached hydrogen (secondary N) is 1. The highest BCUT2D eigenvalue weighted by molar-refractivity contribution is 6.09. The Morgan fingerprint density at radius 1 is 1.03 bits per heavy atom. The zero-order valence-electron chi connectivity index (χ0n) is 16.4. The summed E-state index contributed by atoms with van der Waals surface area (Å²) in [7, 11) is 1.43. The Morgan fingerprint density at radius 3 is 2.32 bits per heavy atom.